The van der Waals surface area contributed by atoms with Crippen LogP contribution in [0.3, 0.4) is 0 Å². The van der Waals surface area contributed by atoms with Crippen LogP contribution in [0.1, 0.15) is 43.2 Å². The van der Waals surface area contributed by atoms with E-state index in [0.29, 0.717) is 25.3 Å². The molecule has 0 fully saturated rings. The highest BCUT2D eigenvalue weighted by atomic mass is 16.5. The molecule has 0 atom stereocenters. The zero-order valence-corrected chi connectivity index (χ0v) is 19.6. The number of carbonyl (C=O) groups is 2. The van der Waals surface area contributed by atoms with Crippen LogP contribution in [-0.4, -0.2) is 25.1 Å². The molecular formula is C29H33NO4. The highest BCUT2D eigenvalue weighted by Crippen LogP contribution is 2.18. The van der Waals surface area contributed by atoms with Gasteiger partial charge in [0.15, 0.2) is 0 Å². The largest absolute Gasteiger partial charge is 0.494 e. The van der Waals surface area contributed by atoms with Gasteiger partial charge in [-0.15, -0.1) is 0 Å². The van der Waals surface area contributed by atoms with E-state index in [1.54, 1.807) is 0 Å². The van der Waals surface area contributed by atoms with Gasteiger partial charge in [-0.2, -0.15) is 0 Å². The molecule has 0 saturated carbocycles. The monoisotopic (exact) mass is 459 g/mol. The predicted molar refractivity (Wildman–Crippen MR) is 135 cm³/mol. The topological polar surface area (TPSA) is 64.6 Å². The molecule has 0 saturated heterocycles. The van der Waals surface area contributed by atoms with Gasteiger partial charge in [0.25, 0.3) is 0 Å². The molecule has 0 spiro atoms. The van der Waals surface area contributed by atoms with Crippen molar-refractivity contribution in [2.24, 2.45) is 0 Å². The number of ether oxygens (including phenoxy) is 2. The van der Waals surface area contributed by atoms with Crippen LogP contribution >= 0.6 is 0 Å². The summed E-state index contributed by atoms with van der Waals surface area (Å²) in [6, 6.07) is 27.8. The normalized spacial score (nSPS) is 10.5. The fourth-order valence-electron chi connectivity index (χ4n) is 3.57. The Labute approximate surface area is 202 Å². The van der Waals surface area contributed by atoms with Gasteiger partial charge >= 0.3 is 5.97 Å². The molecule has 0 aromatic heterocycles. The van der Waals surface area contributed by atoms with Gasteiger partial charge in [-0.1, -0.05) is 66.7 Å². The third kappa shape index (κ3) is 9.90. The van der Waals surface area contributed by atoms with Gasteiger partial charge in [-0.05, 0) is 55.4 Å². The standard InChI is InChI=1S/C29H33NO4/c31-28(19-8-20-29(32)34-22-10-16-25-13-5-2-6-14-25)30-26-17-7-18-27(23-26)33-21-9-15-24-11-3-1-4-12-24/h1-7,11-14,17-18,23H,8-10,15-16,19-22H2,(H,30,31). The first-order chi connectivity index (χ1) is 16.7. The zero-order valence-electron chi connectivity index (χ0n) is 19.6. The van der Waals surface area contributed by atoms with Gasteiger partial charge in [0.05, 0.1) is 13.2 Å². The molecule has 0 bridgehead atoms. The SMILES string of the molecule is O=C(CCCC(=O)OCCCc1ccccc1)Nc1cccc(OCCCc2ccccc2)c1. The number of hydrogen-bond acceptors (Lipinski definition) is 4. The lowest BCUT2D eigenvalue weighted by Crippen LogP contribution is -2.13. The molecule has 0 radical (unpaired) electrons. The van der Waals surface area contributed by atoms with Crippen molar-refractivity contribution in [1.29, 1.82) is 0 Å². The van der Waals surface area contributed by atoms with Crippen molar-refractivity contribution in [1.82, 2.24) is 0 Å². The van der Waals surface area contributed by atoms with E-state index < -0.39 is 0 Å². The first-order valence-corrected chi connectivity index (χ1v) is 12.0. The number of anilines is 1. The Bertz CT molecular complexity index is 1000. The minimum absolute atomic E-state index is 0.127. The molecule has 3 aromatic carbocycles. The van der Waals surface area contributed by atoms with Crippen LogP contribution in [0, 0.1) is 0 Å². The Kier molecular flexibility index (Phi) is 10.7. The van der Waals surface area contributed by atoms with Crippen molar-refractivity contribution in [3.8, 4) is 5.75 Å². The second kappa shape index (κ2) is 14.5. The van der Waals surface area contributed by atoms with Crippen LogP contribution in [0.4, 0.5) is 5.69 Å². The molecule has 1 N–H and O–H groups in total. The molecule has 0 aliphatic heterocycles. The summed E-state index contributed by atoms with van der Waals surface area (Å²) < 4.78 is 11.1. The maximum atomic E-state index is 12.2. The maximum absolute atomic E-state index is 12.2. The lowest BCUT2D eigenvalue weighted by Gasteiger charge is -2.09. The number of carbonyl (C=O) groups excluding carboxylic acids is 2. The smallest absolute Gasteiger partial charge is 0.305 e. The fraction of sp³-hybridized carbons (Fsp3) is 0.310. The van der Waals surface area contributed by atoms with Gasteiger partial charge in [-0.25, -0.2) is 0 Å². The zero-order chi connectivity index (χ0) is 23.8. The van der Waals surface area contributed by atoms with Gasteiger partial charge in [0, 0.05) is 24.6 Å². The van der Waals surface area contributed by atoms with Crippen LogP contribution in [0.2, 0.25) is 0 Å². The van der Waals surface area contributed by atoms with E-state index in [1.165, 1.54) is 11.1 Å². The molecule has 0 aliphatic rings. The molecule has 5 nitrogen and oxygen atoms in total. The number of amides is 1. The van der Waals surface area contributed by atoms with Crippen molar-refractivity contribution in [3.63, 3.8) is 0 Å². The average molecular weight is 460 g/mol. The number of benzene rings is 3. The molecule has 0 aliphatic carbocycles. The van der Waals surface area contributed by atoms with Crippen LogP contribution in [0.25, 0.3) is 0 Å². The minimum atomic E-state index is -0.258. The Morgan fingerprint density at radius 1 is 0.676 bits per heavy atom. The Balaban J connectivity index is 1.26. The molecule has 0 heterocycles. The van der Waals surface area contributed by atoms with Gasteiger partial charge in [0.2, 0.25) is 5.91 Å². The first-order valence-electron chi connectivity index (χ1n) is 12.0. The summed E-state index contributed by atoms with van der Waals surface area (Å²) >= 11 is 0. The second-order valence-corrected chi connectivity index (χ2v) is 8.18. The summed E-state index contributed by atoms with van der Waals surface area (Å²) in [5, 5.41) is 2.87. The molecule has 34 heavy (non-hydrogen) atoms. The molecular weight excluding hydrogens is 426 g/mol. The molecule has 0 unspecified atom stereocenters. The van der Waals surface area contributed by atoms with Crippen LogP contribution in [0.15, 0.2) is 84.9 Å². The van der Waals surface area contributed by atoms with E-state index in [2.05, 4.69) is 29.6 Å². The molecule has 3 rings (SSSR count). The summed E-state index contributed by atoms with van der Waals surface area (Å²) in [7, 11) is 0. The third-order valence-electron chi connectivity index (χ3n) is 5.34. The summed E-state index contributed by atoms with van der Waals surface area (Å²) in [6.45, 7) is 1.01. The highest BCUT2D eigenvalue weighted by Gasteiger charge is 2.08. The summed E-state index contributed by atoms with van der Waals surface area (Å²) in [5.41, 5.74) is 3.22. The summed E-state index contributed by atoms with van der Waals surface area (Å²) in [5.74, 6) is 0.342. The van der Waals surface area contributed by atoms with Crippen LogP contribution < -0.4 is 10.1 Å². The Morgan fingerprint density at radius 2 is 1.32 bits per heavy atom. The van der Waals surface area contributed by atoms with Gasteiger partial charge in [-0.3, -0.25) is 9.59 Å². The lowest BCUT2D eigenvalue weighted by molar-refractivity contribution is -0.143. The van der Waals surface area contributed by atoms with Crippen molar-refractivity contribution >= 4 is 17.6 Å². The molecule has 178 valence electrons. The number of rotatable bonds is 14. The van der Waals surface area contributed by atoms with E-state index >= 15 is 0 Å². The van der Waals surface area contributed by atoms with E-state index in [0.717, 1.165) is 31.4 Å². The first kappa shape index (κ1) is 25.0. The molecule has 5 heteroatoms. The maximum Gasteiger partial charge on any atom is 0.305 e. The number of hydrogen-bond donors (Lipinski definition) is 1. The van der Waals surface area contributed by atoms with Crippen LogP contribution in [0.5, 0.6) is 5.75 Å². The molecule has 1 amide bonds. The number of nitrogens with one attached hydrogen (secondary N) is 1. The fourth-order valence-corrected chi connectivity index (χ4v) is 3.57. The second-order valence-electron chi connectivity index (χ2n) is 8.18. The predicted octanol–water partition coefficient (Wildman–Crippen LogP) is 5.98. The molecule has 3 aromatic rings. The minimum Gasteiger partial charge on any atom is -0.494 e. The van der Waals surface area contributed by atoms with E-state index in [-0.39, 0.29) is 24.7 Å². The third-order valence-corrected chi connectivity index (χ3v) is 5.34. The van der Waals surface area contributed by atoms with E-state index in [9.17, 15) is 9.59 Å². The van der Waals surface area contributed by atoms with E-state index in [1.807, 2.05) is 60.7 Å². The van der Waals surface area contributed by atoms with Crippen LogP contribution in [-0.2, 0) is 27.2 Å². The quantitative estimate of drug-likeness (QED) is 0.238. The van der Waals surface area contributed by atoms with Crippen molar-refractivity contribution < 1.29 is 19.1 Å². The highest BCUT2D eigenvalue weighted by molar-refractivity contribution is 5.91. The summed E-state index contributed by atoms with van der Waals surface area (Å²) in [6.07, 6.45) is 4.52. The van der Waals surface area contributed by atoms with Crippen molar-refractivity contribution in [3.05, 3.63) is 96.1 Å². The van der Waals surface area contributed by atoms with Crippen molar-refractivity contribution in [2.45, 2.75) is 44.9 Å². The lowest BCUT2D eigenvalue weighted by atomic mass is 10.1. The van der Waals surface area contributed by atoms with Gasteiger partial charge < -0.3 is 14.8 Å². The number of esters is 1. The van der Waals surface area contributed by atoms with Crippen molar-refractivity contribution in [2.75, 3.05) is 18.5 Å². The van der Waals surface area contributed by atoms with Gasteiger partial charge in [0.1, 0.15) is 5.75 Å². The Morgan fingerprint density at radius 3 is 2.00 bits per heavy atom. The Hall–Kier alpha value is -3.60. The average Bonchev–Trinajstić information content (AvgIpc) is 2.86. The van der Waals surface area contributed by atoms with E-state index in [4.69, 9.17) is 9.47 Å². The number of aryl methyl sites for hydroxylation is 2. The summed E-state index contributed by atoms with van der Waals surface area (Å²) in [4.78, 5) is 24.1.